The Morgan fingerprint density at radius 3 is 2.79 bits per heavy atom. The van der Waals surface area contributed by atoms with Gasteiger partial charge in [0, 0.05) is 41.3 Å². The number of hydrogen-bond donors (Lipinski definition) is 0. The molecule has 4 heteroatoms. The van der Waals surface area contributed by atoms with Gasteiger partial charge in [0.2, 0.25) is 11.2 Å². The minimum Gasteiger partial charge on any atom is -0.311 e. The third-order valence-electron chi connectivity index (χ3n) is 5.79. The number of pyridine rings is 2. The Morgan fingerprint density at radius 2 is 2.00 bits per heavy atom. The minimum atomic E-state index is -0.392. The van der Waals surface area contributed by atoms with Crippen molar-refractivity contribution in [3.8, 4) is 11.3 Å². The highest BCUT2D eigenvalue weighted by Crippen LogP contribution is 2.49. The molecule has 0 amide bonds. The van der Waals surface area contributed by atoms with E-state index >= 15 is 0 Å². The van der Waals surface area contributed by atoms with Gasteiger partial charge in [0.15, 0.2) is 6.20 Å². The van der Waals surface area contributed by atoms with Crippen LogP contribution in [-0.2, 0) is 13.5 Å². The number of aryl methyl sites for hydroxylation is 2. The third kappa shape index (κ3) is 2.81. The molecule has 0 N–H and O–H groups in total. The first kappa shape index (κ1) is 18.1. The number of nitrogens with zero attached hydrogens (tertiary/aromatic N) is 3. The summed E-state index contributed by atoms with van der Waals surface area (Å²) >= 11 is 1.83. The van der Waals surface area contributed by atoms with Crippen LogP contribution in [0.3, 0.4) is 0 Å². The summed E-state index contributed by atoms with van der Waals surface area (Å²) in [6.45, 7) is 13.7. The van der Waals surface area contributed by atoms with Crippen molar-refractivity contribution < 1.29 is 4.57 Å². The van der Waals surface area contributed by atoms with Gasteiger partial charge in [-0.15, -0.1) is 0 Å². The van der Waals surface area contributed by atoms with Gasteiger partial charge >= 0.3 is 0 Å². The molecule has 2 aromatic carbocycles. The van der Waals surface area contributed by atoms with Crippen LogP contribution in [0.1, 0.15) is 25.0 Å². The van der Waals surface area contributed by atoms with Crippen molar-refractivity contribution in [2.24, 2.45) is 7.05 Å². The summed E-state index contributed by atoms with van der Waals surface area (Å²) in [7, 11) is 2.13. The molecule has 0 radical (unpaired) electrons. The molecule has 0 atom stereocenters. The third-order valence-corrected chi connectivity index (χ3v) is 6.87. The van der Waals surface area contributed by atoms with Gasteiger partial charge in [-0.2, -0.15) is 0 Å². The average Bonchev–Trinajstić information content (AvgIpc) is 2.69. The van der Waals surface area contributed by atoms with Crippen LogP contribution in [0.2, 0.25) is 0 Å². The number of aromatic nitrogens is 2. The number of rotatable bonds is 2. The van der Waals surface area contributed by atoms with Crippen molar-refractivity contribution in [2.45, 2.75) is 42.5 Å². The molecular weight excluding hydrogens is 374 g/mol. The molecular formula is C25H22N3S+. The Labute approximate surface area is 175 Å². The largest absolute Gasteiger partial charge is 0.311 e. The van der Waals surface area contributed by atoms with Crippen LogP contribution in [0.4, 0.5) is 0 Å². The van der Waals surface area contributed by atoms with Crippen molar-refractivity contribution in [3.05, 3.63) is 71.3 Å². The molecule has 2 aromatic heterocycles. The summed E-state index contributed by atoms with van der Waals surface area (Å²) in [4.78, 5) is 10.9. The van der Waals surface area contributed by atoms with Gasteiger partial charge in [0.25, 0.3) is 0 Å². The van der Waals surface area contributed by atoms with Gasteiger partial charge in [0.1, 0.15) is 7.05 Å². The van der Waals surface area contributed by atoms with Crippen molar-refractivity contribution in [1.82, 2.24) is 4.98 Å². The molecule has 0 saturated carbocycles. The molecule has 3 nitrogen and oxygen atoms in total. The summed E-state index contributed by atoms with van der Waals surface area (Å²) < 4.78 is 2.24. The molecule has 0 unspecified atom stereocenters. The normalized spacial score (nSPS) is 12.8. The zero-order valence-corrected chi connectivity index (χ0v) is 17.9. The van der Waals surface area contributed by atoms with Crippen LogP contribution in [0.5, 0.6) is 0 Å². The predicted molar refractivity (Wildman–Crippen MR) is 119 cm³/mol. The summed E-state index contributed by atoms with van der Waals surface area (Å²) in [6.07, 6.45) is 4.76. The number of fused-ring (bicyclic) bond motifs is 3. The van der Waals surface area contributed by atoms with E-state index in [4.69, 9.17) is 6.57 Å². The standard InChI is InChI=1S/C25H22N3S/c1-15-18-7-6-9-27-19(18)13-21-22(15)24-23-17(8-10-28(24)5)11-16(12-20(23)29-21)14-25(2,3)26-4/h6-13H,14H2,1-3,5H3/q+1. The van der Waals surface area contributed by atoms with E-state index in [1.807, 2.05) is 37.9 Å². The first-order chi connectivity index (χ1) is 13.9. The maximum atomic E-state index is 7.50. The number of hydrogen-bond acceptors (Lipinski definition) is 2. The fourth-order valence-electron chi connectivity index (χ4n) is 4.41. The van der Waals surface area contributed by atoms with Crippen molar-refractivity contribution in [1.29, 1.82) is 0 Å². The topological polar surface area (TPSA) is 21.1 Å². The van der Waals surface area contributed by atoms with Crippen LogP contribution in [-0.4, -0.2) is 10.5 Å². The van der Waals surface area contributed by atoms with E-state index in [2.05, 4.69) is 64.9 Å². The van der Waals surface area contributed by atoms with Crippen LogP contribution in [0, 0.1) is 13.5 Å². The summed E-state index contributed by atoms with van der Waals surface area (Å²) in [5, 5.41) is 3.76. The highest BCUT2D eigenvalue weighted by Gasteiger charge is 2.31. The smallest absolute Gasteiger partial charge is 0.231 e. The molecule has 1 aliphatic rings. The van der Waals surface area contributed by atoms with E-state index in [-0.39, 0.29) is 0 Å². The predicted octanol–water partition coefficient (Wildman–Crippen LogP) is 5.89. The fraction of sp³-hybridized carbons (Fsp3) is 0.240. The van der Waals surface area contributed by atoms with Gasteiger partial charge in [-0.1, -0.05) is 23.9 Å². The minimum absolute atomic E-state index is 0.392. The van der Waals surface area contributed by atoms with Gasteiger partial charge < -0.3 is 4.85 Å². The quantitative estimate of drug-likeness (QED) is 0.274. The molecule has 0 fully saturated rings. The van der Waals surface area contributed by atoms with E-state index in [9.17, 15) is 0 Å². The van der Waals surface area contributed by atoms with E-state index in [1.54, 1.807) is 0 Å². The van der Waals surface area contributed by atoms with E-state index in [1.165, 1.54) is 48.3 Å². The van der Waals surface area contributed by atoms with Crippen LogP contribution >= 0.6 is 11.8 Å². The second-order valence-corrected chi connectivity index (χ2v) is 9.57. The Kier molecular flexibility index (Phi) is 3.94. The Balaban J connectivity index is 1.83. The average molecular weight is 397 g/mol. The molecule has 29 heavy (non-hydrogen) atoms. The maximum absolute atomic E-state index is 7.50. The fourth-order valence-corrected chi connectivity index (χ4v) is 5.69. The van der Waals surface area contributed by atoms with E-state index < -0.39 is 5.54 Å². The summed E-state index contributed by atoms with van der Waals surface area (Å²) in [5.41, 5.74) is 5.73. The summed E-state index contributed by atoms with van der Waals surface area (Å²) in [6, 6.07) is 13.1. The summed E-state index contributed by atoms with van der Waals surface area (Å²) in [5.74, 6) is 0. The SMILES string of the molecule is [C-]#[N+]C(C)(C)Cc1cc2c3c([n+](C)ccc3c1)-c1c(cc3ncccc3c1C)S2. The van der Waals surface area contributed by atoms with Gasteiger partial charge in [-0.3, -0.25) is 4.98 Å². The molecule has 0 bridgehead atoms. The molecule has 1 aliphatic heterocycles. The second-order valence-electron chi connectivity index (χ2n) is 8.48. The lowest BCUT2D eigenvalue weighted by molar-refractivity contribution is -0.659. The lowest BCUT2D eigenvalue weighted by atomic mass is 9.92. The molecule has 4 aromatic rings. The van der Waals surface area contributed by atoms with Gasteiger partial charge in [0.05, 0.1) is 22.9 Å². The first-order valence-corrected chi connectivity index (χ1v) is 10.6. The zero-order valence-electron chi connectivity index (χ0n) is 17.1. The highest BCUT2D eigenvalue weighted by atomic mass is 32.2. The molecule has 0 saturated heterocycles. The van der Waals surface area contributed by atoms with Crippen LogP contribution < -0.4 is 4.57 Å². The van der Waals surface area contributed by atoms with Gasteiger partial charge in [-0.25, -0.2) is 11.1 Å². The number of benzene rings is 2. The maximum Gasteiger partial charge on any atom is 0.231 e. The van der Waals surface area contributed by atoms with E-state index in [0.29, 0.717) is 0 Å². The zero-order chi connectivity index (χ0) is 20.3. The Bertz CT molecular complexity index is 1360. The van der Waals surface area contributed by atoms with Gasteiger partial charge in [-0.05, 0) is 41.6 Å². The lowest BCUT2D eigenvalue weighted by Gasteiger charge is -2.22. The second kappa shape index (κ2) is 6.30. The van der Waals surface area contributed by atoms with Crippen molar-refractivity contribution in [2.75, 3.05) is 0 Å². The monoisotopic (exact) mass is 396 g/mol. The molecule has 5 rings (SSSR count). The molecule has 142 valence electrons. The van der Waals surface area contributed by atoms with Crippen molar-refractivity contribution in [3.63, 3.8) is 0 Å². The van der Waals surface area contributed by atoms with Crippen molar-refractivity contribution >= 4 is 33.4 Å². The molecule has 0 aliphatic carbocycles. The first-order valence-electron chi connectivity index (χ1n) is 9.78. The Hall–Kier alpha value is -2.90. The van der Waals surface area contributed by atoms with E-state index in [0.717, 1.165) is 11.9 Å². The lowest BCUT2D eigenvalue weighted by Crippen LogP contribution is -2.31. The molecule has 3 heterocycles. The van der Waals surface area contributed by atoms with Crippen LogP contribution in [0.25, 0.3) is 37.8 Å². The Morgan fingerprint density at radius 1 is 1.17 bits per heavy atom. The highest BCUT2D eigenvalue weighted by molar-refractivity contribution is 7.99. The van der Waals surface area contributed by atoms with Crippen LogP contribution in [0.15, 0.2) is 58.6 Å². The molecule has 0 spiro atoms.